The number of rotatable bonds is 7. The second-order valence-electron chi connectivity index (χ2n) is 6.74. The van der Waals surface area contributed by atoms with Crippen molar-refractivity contribution in [1.82, 2.24) is 0 Å². The van der Waals surface area contributed by atoms with Crippen LogP contribution in [0.5, 0.6) is 0 Å². The number of unbranched alkanes of at least 4 members (excludes halogenated alkanes) is 5. The van der Waals surface area contributed by atoms with Gasteiger partial charge in [0.15, 0.2) is 0 Å². The molecule has 0 bridgehead atoms. The molecule has 0 aliphatic heterocycles. The molecule has 0 atom stereocenters. The molecule has 0 heteroatoms. The van der Waals surface area contributed by atoms with Gasteiger partial charge in [0.1, 0.15) is 0 Å². The standard InChI is InChI=1S/C22H28/c1-3-4-5-6-7-8-12-19-17(2)14-15-21-20-13-10-9-11-18(20)16-22(19)21/h9-11,13-15H,3-8,12,16H2,1-2H3. The molecule has 0 radical (unpaired) electrons. The van der Waals surface area contributed by atoms with Gasteiger partial charge in [0, 0.05) is 0 Å². The summed E-state index contributed by atoms with van der Waals surface area (Å²) in [4.78, 5) is 0. The summed E-state index contributed by atoms with van der Waals surface area (Å²) in [5.41, 5.74) is 9.18. The van der Waals surface area contributed by atoms with Crippen LogP contribution < -0.4 is 0 Å². The maximum absolute atomic E-state index is 2.33. The summed E-state index contributed by atoms with van der Waals surface area (Å²) in [6.45, 7) is 4.57. The smallest absolute Gasteiger partial charge is 0.00106 e. The largest absolute Gasteiger partial charge is 0.0654 e. The van der Waals surface area contributed by atoms with Crippen LogP contribution >= 0.6 is 0 Å². The minimum Gasteiger partial charge on any atom is -0.0654 e. The highest BCUT2D eigenvalue weighted by atomic mass is 14.2. The molecule has 0 nitrogen and oxygen atoms in total. The van der Waals surface area contributed by atoms with E-state index in [9.17, 15) is 0 Å². The zero-order valence-electron chi connectivity index (χ0n) is 14.1. The zero-order valence-corrected chi connectivity index (χ0v) is 14.1. The van der Waals surface area contributed by atoms with Crippen molar-refractivity contribution >= 4 is 0 Å². The summed E-state index contributed by atoms with van der Waals surface area (Å²) in [6, 6.07) is 13.6. The second-order valence-corrected chi connectivity index (χ2v) is 6.74. The third-order valence-corrected chi connectivity index (χ3v) is 5.12. The highest BCUT2D eigenvalue weighted by molar-refractivity contribution is 5.78. The summed E-state index contributed by atoms with van der Waals surface area (Å²) in [5, 5.41) is 0. The van der Waals surface area contributed by atoms with E-state index in [1.807, 2.05) is 0 Å². The van der Waals surface area contributed by atoms with Crippen molar-refractivity contribution in [2.75, 3.05) is 0 Å². The van der Waals surface area contributed by atoms with Crippen LogP contribution in [-0.4, -0.2) is 0 Å². The lowest BCUT2D eigenvalue weighted by Crippen LogP contribution is -1.97. The van der Waals surface area contributed by atoms with Crippen LogP contribution in [0, 0.1) is 6.92 Å². The Kier molecular flexibility index (Phi) is 4.97. The summed E-state index contributed by atoms with van der Waals surface area (Å²) in [7, 11) is 0. The fourth-order valence-corrected chi connectivity index (χ4v) is 3.82. The molecule has 0 unspecified atom stereocenters. The van der Waals surface area contributed by atoms with Crippen LogP contribution in [0.3, 0.4) is 0 Å². The van der Waals surface area contributed by atoms with Gasteiger partial charge in [-0.05, 0) is 59.6 Å². The van der Waals surface area contributed by atoms with Crippen LogP contribution in [0.15, 0.2) is 36.4 Å². The molecule has 0 spiro atoms. The van der Waals surface area contributed by atoms with Gasteiger partial charge in [0.2, 0.25) is 0 Å². The molecule has 3 rings (SSSR count). The van der Waals surface area contributed by atoms with Gasteiger partial charge in [0.25, 0.3) is 0 Å². The minimum absolute atomic E-state index is 1.14. The monoisotopic (exact) mass is 292 g/mol. The third kappa shape index (κ3) is 3.11. The van der Waals surface area contributed by atoms with Crippen LogP contribution in [0.4, 0.5) is 0 Å². The van der Waals surface area contributed by atoms with Gasteiger partial charge in [-0.25, -0.2) is 0 Å². The van der Waals surface area contributed by atoms with Crippen molar-refractivity contribution in [3.05, 3.63) is 58.7 Å². The highest BCUT2D eigenvalue weighted by Gasteiger charge is 2.21. The first-order chi connectivity index (χ1) is 10.8. The fraction of sp³-hybridized carbons (Fsp3) is 0.455. The lowest BCUT2D eigenvalue weighted by molar-refractivity contribution is 0.606. The molecular formula is C22H28. The number of fused-ring (bicyclic) bond motifs is 3. The van der Waals surface area contributed by atoms with Gasteiger partial charge in [0.05, 0.1) is 0 Å². The van der Waals surface area contributed by atoms with E-state index in [4.69, 9.17) is 0 Å². The number of benzene rings is 2. The van der Waals surface area contributed by atoms with Crippen molar-refractivity contribution in [2.24, 2.45) is 0 Å². The van der Waals surface area contributed by atoms with Crippen LogP contribution in [0.1, 0.15) is 67.7 Å². The Morgan fingerprint density at radius 2 is 1.59 bits per heavy atom. The molecule has 0 fully saturated rings. The molecule has 2 aromatic carbocycles. The maximum Gasteiger partial charge on any atom is -0.00106 e. The molecule has 0 saturated heterocycles. The number of hydrogen-bond donors (Lipinski definition) is 0. The van der Waals surface area contributed by atoms with Crippen molar-refractivity contribution in [3.8, 4) is 11.1 Å². The highest BCUT2D eigenvalue weighted by Crippen LogP contribution is 2.39. The van der Waals surface area contributed by atoms with Crippen molar-refractivity contribution < 1.29 is 0 Å². The Morgan fingerprint density at radius 3 is 2.45 bits per heavy atom. The number of hydrogen-bond acceptors (Lipinski definition) is 0. The summed E-state index contributed by atoms with van der Waals surface area (Å²) < 4.78 is 0. The van der Waals surface area contributed by atoms with E-state index in [0.717, 1.165) is 6.42 Å². The molecule has 1 aliphatic carbocycles. The summed E-state index contributed by atoms with van der Waals surface area (Å²) in [5.74, 6) is 0. The molecule has 0 N–H and O–H groups in total. The van der Waals surface area contributed by atoms with E-state index >= 15 is 0 Å². The molecule has 1 aliphatic rings. The molecule has 0 saturated carbocycles. The second kappa shape index (κ2) is 7.13. The molecule has 0 heterocycles. The van der Waals surface area contributed by atoms with E-state index in [-0.39, 0.29) is 0 Å². The molecular weight excluding hydrogens is 264 g/mol. The SMILES string of the molecule is CCCCCCCCc1c(C)ccc2c1Cc1ccccc1-2. The van der Waals surface area contributed by atoms with E-state index in [1.165, 1.54) is 67.2 Å². The van der Waals surface area contributed by atoms with Crippen molar-refractivity contribution in [1.29, 1.82) is 0 Å². The van der Waals surface area contributed by atoms with Gasteiger partial charge in [-0.1, -0.05) is 75.4 Å². The Labute approximate surface area is 135 Å². The average molecular weight is 292 g/mol. The van der Waals surface area contributed by atoms with Gasteiger partial charge in [-0.3, -0.25) is 0 Å². The van der Waals surface area contributed by atoms with E-state index in [0.29, 0.717) is 0 Å². The Bertz CT molecular complexity index is 636. The number of aryl methyl sites for hydroxylation is 1. The van der Waals surface area contributed by atoms with Crippen LogP contribution in [0.2, 0.25) is 0 Å². The van der Waals surface area contributed by atoms with Gasteiger partial charge in [-0.15, -0.1) is 0 Å². The minimum atomic E-state index is 1.14. The van der Waals surface area contributed by atoms with Crippen LogP contribution in [-0.2, 0) is 12.8 Å². The van der Waals surface area contributed by atoms with Crippen LogP contribution in [0.25, 0.3) is 11.1 Å². The Hall–Kier alpha value is -1.56. The van der Waals surface area contributed by atoms with E-state index < -0.39 is 0 Å². The first-order valence-corrected chi connectivity index (χ1v) is 9.01. The quantitative estimate of drug-likeness (QED) is 0.438. The van der Waals surface area contributed by atoms with E-state index in [2.05, 4.69) is 50.2 Å². The topological polar surface area (TPSA) is 0 Å². The first-order valence-electron chi connectivity index (χ1n) is 9.01. The van der Waals surface area contributed by atoms with Gasteiger partial charge < -0.3 is 0 Å². The molecule has 2 aromatic rings. The van der Waals surface area contributed by atoms with E-state index in [1.54, 1.807) is 11.1 Å². The fourth-order valence-electron chi connectivity index (χ4n) is 3.82. The molecule has 0 amide bonds. The lowest BCUT2D eigenvalue weighted by atomic mass is 9.93. The molecule has 116 valence electrons. The van der Waals surface area contributed by atoms with Gasteiger partial charge >= 0.3 is 0 Å². The van der Waals surface area contributed by atoms with Crippen molar-refractivity contribution in [3.63, 3.8) is 0 Å². The summed E-state index contributed by atoms with van der Waals surface area (Å²) in [6.07, 6.45) is 10.7. The lowest BCUT2D eigenvalue weighted by Gasteiger charge is -2.12. The normalized spacial score (nSPS) is 12.3. The predicted molar refractivity (Wildman–Crippen MR) is 96.5 cm³/mol. The zero-order chi connectivity index (χ0) is 15.4. The third-order valence-electron chi connectivity index (χ3n) is 5.12. The Balaban J connectivity index is 1.71. The maximum atomic E-state index is 2.33. The average Bonchev–Trinajstić information content (AvgIpc) is 2.91. The predicted octanol–water partition coefficient (Wildman–Crippen LogP) is 6.47. The van der Waals surface area contributed by atoms with Gasteiger partial charge in [-0.2, -0.15) is 0 Å². The molecule has 0 aromatic heterocycles. The Morgan fingerprint density at radius 1 is 0.818 bits per heavy atom. The first kappa shape index (κ1) is 15.3. The molecule has 22 heavy (non-hydrogen) atoms. The van der Waals surface area contributed by atoms with Crippen molar-refractivity contribution in [2.45, 2.75) is 65.2 Å². The summed E-state index contributed by atoms with van der Waals surface area (Å²) >= 11 is 0.